The zero-order chi connectivity index (χ0) is 16.8. The Balaban J connectivity index is 2.44. The molecule has 5 nitrogen and oxygen atoms in total. The normalized spacial score (nSPS) is 10.7. The van der Waals surface area contributed by atoms with Crippen LogP contribution in [0.5, 0.6) is 0 Å². The molecule has 0 spiro atoms. The van der Waals surface area contributed by atoms with Gasteiger partial charge in [-0.2, -0.15) is 0 Å². The average Bonchev–Trinajstić information content (AvgIpc) is 2.54. The van der Waals surface area contributed by atoms with Crippen LogP contribution in [0.25, 0.3) is 0 Å². The van der Waals surface area contributed by atoms with Gasteiger partial charge in [0.15, 0.2) is 5.78 Å². The molecule has 0 saturated heterocycles. The van der Waals surface area contributed by atoms with E-state index in [4.69, 9.17) is 11.6 Å². The van der Waals surface area contributed by atoms with Crippen molar-refractivity contribution in [3.63, 3.8) is 0 Å². The van der Waals surface area contributed by atoms with Crippen molar-refractivity contribution in [3.8, 4) is 0 Å². The first-order valence-corrected chi connectivity index (χ1v) is 7.39. The zero-order valence-corrected chi connectivity index (χ0v) is 13.2. The summed E-state index contributed by atoms with van der Waals surface area (Å²) in [5.41, 5.74) is 2.30. The average molecular weight is 331 g/mol. The molecule has 0 aromatic heterocycles. The highest BCUT2D eigenvalue weighted by atomic mass is 35.5. The number of aryl methyl sites for hydroxylation is 1. The number of benzene rings is 2. The van der Waals surface area contributed by atoms with Crippen LogP contribution < -0.4 is 5.32 Å². The van der Waals surface area contributed by atoms with E-state index in [0.717, 1.165) is 18.2 Å². The van der Waals surface area contributed by atoms with Gasteiger partial charge in [0.05, 0.1) is 16.1 Å². The molecule has 0 bridgehead atoms. The second-order valence-corrected chi connectivity index (χ2v) is 5.20. The summed E-state index contributed by atoms with van der Waals surface area (Å²) < 4.78 is 0. The van der Waals surface area contributed by atoms with Crippen LogP contribution in [0, 0.1) is 10.1 Å². The van der Waals surface area contributed by atoms with E-state index in [1.807, 2.05) is 13.0 Å². The first kappa shape index (κ1) is 16.7. The summed E-state index contributed by atoms with van der Waals surface area (Å²) >= 11 is 6.10. The van der Waals surface area contributed by atoms with Crippen molar-refractivity contribution in [2.45, 2.75) is 13.3 Å². The quantitative estimate of drug-likeness (QED) is 0.487. The number of carbonyl (C=O) groups excluding carboxylic acids is 1. The maximum Gasteiger partial charge on any atom is 0.250 e. The summed E-state index contributed by atoms with van der Waals surface area (Å²) in [6.07, 6.45) is 2.73. The molecule has 0 aliphatic heterocycles. The van der Waals surface area contributed by atoms with Crippen LogP contribution >= 0.6 is 11.6 Å². The molecular weight excluding hydrogens is 316 g/mol. The molecule has 0 aliphatic rings. The molecular formula is C17H15ClN2O3. The Morgan fingerprint density at radius 3 is 2.65 bits per heavy atom. The molecule has 0 atom stereocenters. The van der Waals surface area contributed by atoms with Gasteiger partial charge in [0.25, 0.3) is 0 Å². The van der Waals surface area contributed by atoms with E-state index in [0.29, 0.717) is 21.8 Å². The number of nitrogens with one attached hydrogen (secondary N) is 1. The molecule has 0 unspecified atom stereocenters. The molecule has 0 amide bonds. The van der Waals surface area contributed by atoms with Gasteiger partial charge < -0.3 is 5.32 Å². The van der Waals surface area contributed by atoms with Crippen LogP contribution in [0.15, 0.2) is 54.9 Å². The van der Waals surface area contributed by atoms with Crippen LogP contribution in [0.1, 0.15) is 28.4 Å². The predicted molar refractivity (Wildman–Crippen MR) is 90.5 cm³/mol. The van der Waals surface area contributed by atoms with E-state index >= 15 is 0 Å². The molecule has 1 N–H and O–H groups in total. The summed E-state index contributed by atoms with van der Waals surface area (Å²) in [5, 5.41) is 13.5. The lowest BCUT2D eigenvalue weighted by atomic mass is 9.98. The molecule has 2 rings (SSSR count). The third-order valence-electron chi connectivity index (χ3n) is 3.29. The van der Waals surface area contributed by atoms with Gasteiger partial charge in [0, 0.05) is 16.8 Å². The van der Waals surface area contributed by atoms with Crippen molar-refractivity contribution in [2.75, 3.05) is 5.32 Å². The van der Waals surface area contributed by atoms with Crippen molar-refractivity contribution < 1.29 is 9.72 Å². The van der Waals surface area contributed by atoms with E-state index in [1.165, 1.54) is 6.20 Å². The number of nitro groups is 1. The summed E-state index contributed by atoms with van der Waals surface area (Å²) in [7, 11) is 0. The Labute approximate surface area is 138 Å². The van der Waals surface area contributed by atoms with Crippen molar-refractivity contribution in [1.82, 2.24) is 0 Å². The Bertz CT molecular complexity index is 772. The highest BCUT2D eigenvalue weighted by Crippen LogP contribution is 2.25. The lowest BCUT2D eigenvalue weighted by Gasteiger charge is -2.11. The number of nitrogens with zero attached hydrogens (tertiary/aromatic N) is 1. The molecule has 2 aromatic rings. The zero-order valence-electron chi connectivity index (χ0n) is 12.5. The van der Waals surface area contributed by atoms with Crippen molar-refractivity contribution in [3.05, 3.63) is 86.7 Å². The fourth-order valence-corrected chi connectivity index (χ4v) is 2.32. The highest BCUT2D eigenvalue weighted by Gasteiger charge is 2.16. The Kier molecular flexibility index (Phi) is 5.49. The van der Waals surface area contributed by atoms with Crippen LogP contribution in [-0.4, -0.2) is 10.7 Å². The number of halogens is 1. The maximum atomic E-state index is 12.8. The summed E-state index contributed by atoms with van der Waals surface area (Å²) in [5.74, 6) is -0.233. The second kappa shape index (κ2) is 7.56. The molecule has 0 heterocycles. The summed E-state index contributed by atoms with van der Waals surface area (Å²) in [6.45, 7) is 1.98. The molecule has 0 saturated carbocycles. The topological polar surface area (TPSA) is 72.2 Å². The van der Waals surface area contributed by atoms with Gasteiger partial charge >= 0.3 is 0 Å². The fraction of sp³-hybridized carbons (Fsp3) is 0.118. The first-order valence-electron chi connectivity index (χ1n) is 7.01. The Morgan fingerprint density at radius 2 is 2.00 bits per heavy atom. The number of anilines is 1. The van der Waals surface area contributed by atoms with Gasteiger partial charge in [-0.1, -0.05) is 36.7 Å². The van der Waals surface area contributed by atoms with E-state index in [2.05, 4.69) is 5.32 Å². The lowest BCUT2D eigenvalue weighted by molar-refractivity contribution is -0.402. The van der Waals surface area contributed by atoms with Crippen molar-refractivity contribution >= 4 is 23.1 Å². The predicted octanol–water partition coefficient (Wildman–Crippen LogP) is 4.29. The van der Waals surface area contributed by atoms with Gasteiger partial charge in [-0.3, -0.25) is 14.9 Å². The van der Waals surface area contributed by atoms with E-state index < -0.39 is 4.92 Å². The Hall–Kier alpha value is -2.66. The van der Waals surface area contributed by atoms with Gasteiger partial charge in [-0.25, -0.2) is 0 Å². The maximum absolute atomic E-state index is 12.8. The van der Waals surface area contributed by atoms with Gasteiger partial charge in [0.2, 0.25) is 6.20 Å². The minimum Gasteiger partial charge on any atom is -0.356 e. The van der Waals surface area contributed by atoms with Crippen LogP contribution in [0.2, 0.25) is 5.02 Å². The highest BCUT2D eigenvalue weighted by molar-refractivity contribution is 6.35. The van der Waals surface area contributed by atoms with Crippen molar-refractivity contribution in [1.29, 1.82) is 0 Å². The largest absolute Gasteiger partial charge is 0.356 e. The minimum atomic E-state index is -0.580. The smallest absolute Gasteiger partial charge is 0.250 e. The SMILES string of the molecule is CCc1ccc(N/C=C/[N+](=O)[O-])c(C(=O)c2ccccc2Cl)c1. The third-order valence-corrected chi connectivity index (χ3v) is 3.62. The lowest BCUT2D eigenvalue weighted by Crippen LogP contribution is -2.07. The van der Waals surface area contributed by atoms with E-state index in [1.54, 1.807) is 36.4 Å². The van der Waals surface area contributed by atoms with Crippen LogP contribution in [-0.2, 0) is 6.42 Å². The molecule has 6 heteroatoms. The third kappa shape index (κ3) is 4.17. The summed E-state index contributed by atoms with van der Waals surface area (Å²) in [4.78, 5) is 22.6. The molecule has 118 valence electrons. The Morgan fingerprint density at radius 1 is 1.26 bits per heavy atom. The molecule has 0 aliphatic carbocycles. The van der Waals surface area contributed by atoms with Gasteiger partial charge in [0.1, 0.15) is 0 Å². The number of hydrogen-bond acceptors (Lipinski definition) is 4. The molecule has 2 aromatic carbocycles. The van der Waals surface area contributed by atoms with E-state index in [-0.39, 0.29) is 5.78 Å². The summed E-state index contributed by atoms with van der Waals surface area (Å²) in [6, 6.07) is 12.2. The van der Waals surface area contributed by atoms with Crippen LogP contribution in [0.4, 0.5) is 5.69 Å². The van der Waals surface area contributed by atoms with Crippen LogP contribution in [0.3, 0.4) is 0 Å². The molecule has 23 heavy (non-hydrogen) atoms. The first-order chi connectivity index (χ1) is 11.0. The minimum absolute atomic E-state index is 0.233. The monoisotopic (exact) mass is 330 g/mol. The molecule has 0 fully saturated rings. The van der Waals surface area contributed by atoms with E-state index in [9.17, 15) is 14.9 Å². The van der Waals surface area contributed by atoms with Gasteiger partial charge in [-0.15, -0.1) is 0 Å². The number of rotatable bonds is 6. The second-order valence-electron chi connectivity index (χ2n) is 4.79. The number of carbonyl (C=O) groups is 1. The number of hydrogen-bond donors (Lipinski definition) is 1. The fourth-order valence-electron chi connectivity index (χ4n) is 2.10. The standard InChI is InChI=1S/C17H15ClN2O3/c1-2-12-7-8-16(19-9-10-20(22)23)14(11-12)17(21)13-5-3-4-6-15(13)18/h3-11,19H,2H2,1H3/b10-9+. The van der Waals surface area contributed by atoms with Gasteiger partial charge in [-0.05, 0) is 36.2 Å². The van der Waals surface area contributed by atoms with Crippen molar-refractivity contribution in [2.24, 2.45) is 0 Å². The molecule has 0 radical (unpaired) electrons. The number of ketones is 1.